The Kier molecular flexibility index (Phi) is 3.38. The van der Waals surface area contributed by atoms with E-state index in [0.29, 0.717) is 0 Å². The van der Waals surface area contributed by atoms with Crippen LogP contribution in [-0.2, 0) is 9.37 Å². The highest BCUT2D eigenvalue weighted by molar-refractivity contribution is 7.94. The van der Waals surface area contributed by atoms with Crippen LogP contribution in [0.1, 0.15) is 5.56 Å². The molecule has 0 saturated heterocycles. The van der Waals surface area contributed by atoms with Crippen molar-refractivity contribution in [2.45, 2.75) is 11.8 Å². The minimum absolute atomic E-state index is 0.839. The summed E-state index contributed by atoms with van der Waals surface area (Å²) in [5.41, 5.74) is 1.16. The topological polar surface area (TPSA) is 41.5 Å². The summed E-state index contributed by atoms with van der Waals surface area (Å²) >= 11 is 0.894. The first-order chi connectivity index (χ1) is 5.33. The zero-order chi connectivity index (χ0) is 8.10. The first-order valence-electron chi connectivity index (χ1n) is 3.03. The van der Waals surface area contributed by atoms with Crippen molar-refractivity contribution in [2.75, 3.05) is 0 Å². The van der Waals surface area contributed by atoms with Crippen molar-refractivity contribution in [1.29, 1.82) is 0 Å². The zero-order valence-corrected chi connectivity index (χ0v) is 6.76. The van der Waals surface area contributed by atoms with Gasteiger partial charge in [0.1, 0.15) is 0 Å². The number of aryl methyl sites for hydroxylation is 1. The quantitative estimate of drug-likeness (QED) is 0.389. The average molecular weight is 171 g/mol. The van der Waals surface area contributed by atoms with E-state index < -0.39 is 0 Å². The maximum absolute atomic E-state index is 9.43. The van der Waals surface area contributed by atoms with E-state index in [1.165, 1.54) is 0 Å². The van der Waals surface area contributed by atoms with Crippen molar-refractivity contribution >= 4 is 12.0 Å². The van der Waals surface area contributed by atoms with Crippen LogP contribution in [-0.4, -0.2) is 0 Å². The number of hydrogen-bond acceptors (Lipinski definition) is 4. The first kappa shape index (κ1) is 8.55. The number of hydrogen-bond donors (Lipinski definition) is 0. The molecule has 0 unspecified atom stereocenters. The predicted molar refractivity (Wildman–Crippen MR) is 39.2 cm³/mol. The van der Waals surface area contributed by atoms with Crippen LogP contribution in [0, 0.1) is 6.92 Å². The Bertz CT molecular complexity index is 209. The third-order valence-corrected chi connectivity index (χ3v) is 1.77. The lowest BCUT2D eigenvalue weighted by Crippen LogP contribution is -2.00. The Balaban J connectivity index is 2.52. The van der Waals surface area contributed by atoms with Gasteiger partial charge in [0.25, 0.3) is 0 Å². The van der Waals surface area contributed by atoms with Crippen LogP contribution in [0.4, 0.5) is 0 Å². The molecule has 60 valence electrons. The minimum Gasteiger partial charge on any atom is -0.691 e. The fourth-order valence-electron chi connectivity index (χ4n) is 0.647. The first-order valence-corrected chi connectivity index (χ1v) is 3.77. The van der Waals surface area contributed by atoms with Crippen LogP contribution in [0.25, 0.3) is 0 Å². The Morgan fingerprint density at radius 2 is 1.91 bits per heavy atom. The molecule has 0 aliphatic rings. The third-order valence-electron chi connectivity index (χ3n) is 1.18. The van der Waals surface area contributed by atoms with Gasteiger partial charge in [-0.05, 0) is 19.1 Å². The molecule has 0 atom stereocenters. The van der Waals surface area contributed by atoms with E-state index in [0.717, 1.165) is 22.5 Å². The summed E-state index contributed by atoms with van der Waals surface area (Å²) in [5, 5.41) is 12.6. The molecule has 0 aliphatic heterocycles. The van der Waals surface area contributed by atoms with Gasteiger partial charge in [-0.25, -0.2) is 0 Å². The van der Waals surface area contributed by atoms with E-state index in [1.54, 1.807) is 0 Å². The smallest absolute Gasteiger partial charge is 0.0674 e. The Hall–Kier alpha value is -0.550. The summed E-state index contributed by atoms with van der Waals surface area (Å²) in [6, 6.07) is 7.55. The van der Waals surface area contributed by atoms with E-state index in [9.17, 15) is 5.26 Å². The Labute approximate surface area is 69.0 Å². The molecule has 1 aromatic rings. The molecule has 1 aromatic carbocycles. The van der Waals surface area contributed by atoms with Crippen molar-refractivity contribution in [2.24, 2.45) is 0 Å². The molecule has 3 nitrogen and oxygen atoms in total. The Morgan fingerprint density at radius 3 is 2.45 bits per heavy atom. The fraction of sp³-hybridized carbons (Fsp3) is 0.143. The standard InChI is InChI=1S/C7H8O3S/c1-6-2-4-7(5-3-6)11-10-9-8/h2-5,8H,1H3/p-1. The molecule has 0 saturated carbocycles. The van der Waals surface area contributed by atoms with Gasteiger partial charge >= 0.3 is 0 Å². The number of benzene rings is 1. The summed E-state index contributed by atoms with van der Waals surface area (Å²) in [6.07, 6.45) is 0. The molecular weight excluding hydrogens is 164 g/mol. The van der Waals surface area contributed by atoms with Crippen LogP contribution in [0.2, 0.25) is 0 Å². The molecule has 0 aliphatic carbocycles. The van der Waals surface area contributed by atoms with Crippen LogP contribution in [0.15, 0.2) is 29.2 Å². The van der Waals surface area contributed by atoms with Crippen LogP contribution >= 0.6 is 12.0 Å². The SMILES string of the molecule is Cc1ccc(SOO[O-])cc1. The van der Waals surface area contributed by atoms with Gasteiger partial charge in [0, 0.05) is 4.90 Å². The molecule has 0 amide bonds. The lowest BCUT2D eigenvalue weighted by molar-refractivity contribution is -0.777. The van der Waals surface area contributed by atoms with Gasteiger partial charge in [0.05, 0.1) is 12.0 Å². The molecule has 11 heavy (non-hydrogen) atoms. The molecule has 4 heteroatoms. The van der Waals surface area contributed by atoms with Crippen LogP contribution in [0.5, 0.6) is 0 Å². The third kappa shape index (κ3) is 2.90. The maximum atomic E-state index is 9.43. The molecule has 0 radical (unpaired) electrons. The molecule has 0 spiro atoms. The van der Waals surface area contributed by atoms with Crippen molar-refractivity contribution < 1.29 is 14.6 Å². The van der Waals surface area contributed by atoms with Crippen LogP contribution < -0.4 is 5.26 Å². The van der Waals surface area contributed by atoms with Gasteiger partial charge in [0.15, 0.2) is 0 Å². The molecule has 0 fully saturated rings. The molecule has 0 aromatic heterocycles. The van der Waals surface area contributed by atoms with Gasteiger partial charge in [0.2, 0.25) is 0 Å². The van der Waals surface area contributed by atoms with Gasteiger partial charge in [-0.1, -0.05) is 17.7 Å². The van der Waals surface area contributed by atoms with Gasteiger partial charge in [-0.3, -0.25) is 5.04 Å². The highest BCUT2D eigenvalue weighted by Crippen LogP contribution is 2.18. The molecule has 0 N–H and O–H groups in total. The monoisotopic (exact) mass is 171 g/mol. The fourth-order valence-corrected chi connectivity index (χ4v) is 1.00. The zero-order valence-electron chi connectivity index (χ0n) is 5.94. The van der Waals surface area contributed by atoms with E-state index in [4.69, 9.17) is 0 Å². The molecule has 0 bridgehead atoms. The maximum Gasteiger partial charge on any atom is 0.0674 e. The largest absolute Gasteiger partial charge is 0.691 e. The minimum atomic E-state index is 0.839. The lowest BCUT2D eigenvalue weighted by atomic mass is 10.2. The van der Waals surface area contributed by atoms with E-state index in [2.05, 4.69) is 9.37 Å². The summed E-state index contributed by atoms with van der Waals surface area (Å²) < 4.78 is 4.12. The van der Waals surface area contributed by atoms with E-state index in [1.807, 2.05) is 31.2 Å². The molecule has 0 heterocycles. The van der Waals surface area contributed by atoms with E-state index >= 15 is 0 Å². The Morgan fingerprint density at radius 1 is 1.27 bits per heavy atom. The average Bonchev–Trinajstić information content (AvgIpc) is 2.04. The van der Waals surface area contributed by atoms with Crippen molar-refractivity contribution in [3.05, 3.63) is 29.8 Å². The van der Waals surface area contributed by atoms with Crippen molar-refractivity contribution in [3.8, 4) is 0 Å². The van der Waals surface area contributed by atoms with E-state index in [-0.39, 0.29) is 0 Å². The highest BCUT2D eigenvalue weighted by Gasteiger charge is 1.91. The second kappa shape index (κ2) is 4.35. The second-order valence-corrected chi connectivity index (χ2v) is 2.81. The molecule has 1 rings (SSSR count). The van der Waals surface area contributed by atoms with Crippen molar-refractivity contribution in [3.63, 3.8) is 0 Å². The second-order valence-electron chi connectivity index (χ2n) is 2.03. The predicted octanol–water partition coefficient (Wildman–Crippen LogP) is 1.23. The lowest BCUT2D eigenvalue weighted by Gasteiger charge is -2.03. The van der Waals surface area contributed by atoms with Gasteiger partial charge < -0.3 is 5.26 Å². The number of rotatable bonds is 3. The summed E-state index contributed by atoms with van der Waals surface area (Å²) in [4.78, 5) is 0.839. The van der Waals surface area contributed by atoms with Crippen molar-refractivity contribution in [1.82, 2.24) is 0 Å². The summed E-state index contributed by atoms with van der Waals surface area (Å²) in [5.74, 6) is 0. The summed E-state index contributed by atoms with van der Waals surface area (Å²) in [6.45, 7) is 1.99. The molecular formula is C7H7O3S-. The van der Waals surface area contributed by atoms with Gasteiger partial charge in [-0.2, -0.15) is 4.33 Å². The van der Waals surface area contributed by atoms with Gasteiger partial charge in [-0.15, -0.1) is 0 Å². The van der Waals surface area contributed by atoms with Crippen LogP contribution in [0.3, 0.4) is 0 Å². The summed E-state index contributed by atoms with van der Waals surface area (Å²) in [7, 11) is 0. The highest BCUT2D eigenvalue weighted by atomic mass is 32.2. The normalized spacial score (nSPS) is 10.0.